The first-order chi connectivity index (χ1) is 4.88. The van der Waals surface area contributed by atoms with Crippen LogP contribution in [0.25, 0.3) is 0 Å². The van der Waals surface area contributed by atoms with Gasteiger partial charge in [0.2, 0.25) is 0 Å². The van der Waals surface area contributed by atoms with Crippen molar-refractivity contribution in [3.05, 3.63) is 22.4 Å². The average molecular weight is 154 g/mol. The van der Waals surface area contributed by atoms with Crippen molar-refractivity contribution in [2.45, 2.75) is 18.9 Å². The molecule has 1 aromatic rings. The van der Waals surface area contributed by atoms with Crippen molar-refractivity contribution in [2.24, 2.45) is 5.92 Å². The summed E-state index contributed by atoms with van der Waals surface area (Å²) >= 11 is 1.65. The third-order valence-corrected chi connectivity index (χ3v) is 2.85. The maximum atomic E-state index is 9.56. The molecular weight excluding hydrogens is 144 g/mol. The number of aliphatic hydroxyl groups excluding tert-OH is 1. The topological polar surface area (TPSA) is 20.2 Å². The third-order valence-electron chi connectivity index (χ3n) is 1.90. The second kappa shape index (κ2) is 2.36. The van der Waals surface area contributed by atoms with Crippen LogP contribution in [-0.4, -0.2) is 5.11 Å². The van der Waals surface area contributed by atoms with E-state index in [-0.39, 0.29) is 6.10 Å². The highest BCUT2D eigenvalue weighted by molar-refractivity contribution is 7.10. The zero-order valence-electron chi connectivity index (χ0n) is 5.66. The molecule has 0 radical (unpaired) electrons. The van der Waals surface area contributed by atoms with Gasteiger partial charge < -0.3 is 5.11 Å². The first kappa shape index (κ1) is 6.38. The van der Waals surface area contributed by atoms with Gasteiger partial charge in [0, 0.05) is 4.88 Å². The molecule has 2 heteroatoms. The molecule has 54 valence electrons. The van der Waals surface area contributed by atoms with Crippen LogP contribution in [0.2, 0.25) is 0 Å². The highest BCUT2D eigenvalue weighted by Crippen LogP contribution is 2.41. The lowest BCUT2D eigenvalue weighted by molar-refractivity contribution is 0.157. The molecule has 10 heavy (non-hydrogen) atoms. The highest BCUT2D eigenvalue weighted by Gasteiger charge is 2.30. The zero-order valence-corrected chi connectivity index (χ0v) is 6.47. The van der Waals surface area contributed by atoms with Crippen LogP contribution in [0.1, 0.15) is 23.8 Å². The van der Waals surface area contributed by atoms with Gasteiger partial charge in [0.15, 0.2) is 0 Å². The zero-order chi connectivity index (χ0) is 6.97. The number of hydrogen-bond donors (Lipinski definition) is 1. The molecule has 2 rings (SSSR count). The van der Waals surface area contributed by atoms with Crippen molar-refractivity contribution in [3.63, 3.8) is 0 Å². The van der Waals surface area contributed by atoms with E-state index < -0.39 is 0 Å². The van der Waals surface area contributed by atoms with Crippen LogP contribution in [0.5, 0.6) is 0 Å². The van der Waals surface area contributed by atoms with Crippen LogP contribution in [0.3, 0.4) is 0 Å². The molecule has 0 unspecified atom stereocenters. The summed E-state index contributed by atoms with van der Waals surface area (Å²) in [5, 5.41) is 11.6. The fourth-order valence-electron chi connectivity index (χ4n) is 1.10. The van der Waals surface area contributed by atoms with E-state index >= 15 is 0 Å². The lowest BCUT2D eigenvalue weighted by Crippen LogP contribution is -1.95. The molecule has 1 nitrogen and oxygen atoms in total. The molecule has 1 atom stereocenters. The highest BCUT2D eigenvalue weighted by atomic mass is 32.1. The van der Waals surface area contributed by atoms with E-state index in [1.54, 1.807) is 11.3 Å². The Kier molecular flexibility index (Phi) is 1.51. The minimum absolute atomic E-state index is 0.167. The molecule has 0 amide bonds. The molecule has 1 heterocycles. The normalized spacial score (nSPS) is 20.9. The molecule has 0 aromatic carbocycles. The molecule has 1 fully saturated rings. The Balaban J connectivity index is 2.11. The Bertz CT molecular complexity index is 201. The lowest BCUT2D eigenvalue weighted by Gasteiger charge is -2.03. The van der Waals surface area contributed by atoms with E-state index in [0.717, 1.165) is 4.88 Å². The molecule has 1 aliphatic carbocycles. The monoisotopic (exact) mass is 154 g/mol. The fraction of sp³-hybridized carbons (Fsp3) is 0.500. The van der Waals surface area contributed by atoms with E-state index in [9.17, 15) is 5.11 Å². The number of hydrogen-bond acceptors (Lipinski definition) is 2. The van der Waals surface area contributed by atoms with Crippen molar-refractivity contribution in [2.75, 3.05) is 0 Å². The van der Waals surface area contributed by atoms with Crippen LogP contribution in [-0.2, 0) is 0 Å². The second-order valence-corrected chi connectivity index (χ2v) is 3.78. The molecule has 1 N–H and O–H groups in total. The summed E-state index contributed by atoms with van der Waals surface area (Å²) in [4.78, 5) is 1.13. The molecular formula is C8H10OS. The standard InChI is InChI=1S/C8H10OS/c9-8(6-3-4-6)7-2-1-5-10-7/h1-2,5-6,8-9H,3-4H2/t8-/m1/s1. The van der Waals surface area contributed by atoms with Crippen molar-refractivity contribution < 1.29 is 5.11 Å². The number of aliphatic hydroxyl groups is 1. The van der Waals surface area contributed by atoms with Crippen molar-refractivity contribution in [1.29, 1.82) is 0 Å². The first-order valence-corrected chi connectivity index (χ1v) is 4.47. The van der Waals surface area contributed by atoms with Crippen LogP contribution in [0.4, 0.5) is 0 Å². The predicted molar refractivity (Wildman–Crippen MR) is 42.0 cm³/mol. The van der Waals surface area contributed by atoms with Crippen LogP contribution >= 0.6 is 11.3 Å². The van der Waals surface area contributed by atoms with Gasteiger partial charge >= 0.3 is 0 Å². The summed E-state index contributed by atoms with van der Waals surface area (Å²) in [6.07, 6.45) is 2.25. The molecule has 0 aliphatic heterocycles. The van der Waals surface area contributed by atoms with E-state index in [1.165, 1.54) is 12.8 Å². The van der Waals surface area contributed by atoms with E-state index in [2.05, 4.69) is 0 Å². The Morgan fingerprint density at radius 3 is 2.90 bits per heavy atom. The van der Waals surface area contributed by atoms with E-state index in [4.69, 9.17) is 0 Å². The summed E-state index contributed by atoms with van der Waals surface area (Å²) in [5.41, 5.74) is 0. The number of rotatable bonds is 2. The van der Waals surface area contributed by atoms with Gasteiger partial charge in [-0.25, -0.2) is 0 Å². The molecule has 1 aliphatic rings. The van der Waals surface area contributed by atoms with Crippen LogP contribution in [0, 0.1) is 5.92 Å². The van der Waals surface area contributed by atoms with Crippen molar-refractivity contribution in [3.8, 4) is 0 Å². The minimum atomic E-state index is -0.167. The van der Waals surface area contributed by atoms with Gasteiger partial charge in [-0.1, -0.05) is 6.07 Å². The van der Waals surface area contributed by atoms with Gasteiger partial charge in [-0.15, -0.1) is 11.3 Å². The fourth-order valence-corrected chi connectivity index (χ4v) is 1.91. The minimum Gasteiger partial charge on any atom is -0.387 e. The van der Waals surface area contributed by atoms with Gasteiger partial charge in [-0.3, -0.25) is 0 Å². The van der Waals surface area contributed by atoms with Gasteiger partial charge in [-0.05, 0) is 30.2 Å². The smallest absolute Gasteiger partial charge is 0.0909 e. The summed E-state index contributed by atoms with van der Waals surface area (Å²) in [7, 11) is 0. The lowest BCUT2D eigenvalue weighted by atomic mass is 10.2. The van der Waals surface area contributed by atoms with Gasteiger partial charge in [0.25, 0.3) is 0 Å². The Morgan fingerprint density at radius 1 is 1.60 bits per heavy atom. The maximum Gasteiger partial charge on any atom is 0.0909 e. The summed E-state index contributed by atoms with van der Waals surface area (Å²) in [6.45, 7) is 0. The quantitative estimate of drug-likeness (QED) is 0.692. The summed E-state index contributed by atoms with van der Waals surface area (Å²) in [5.74, 6) is 0.568. The van der Waals surface area contributed by atoms with E-state index in [0.29, 0.717) is 5.92 Å². The molecule has 1 aromatic heterocycles. The Hall–Kier alpha value is -0.340. The van der Waals surface area contributed by atoms with Gasteiger partial charge in [0.05, 0.1) is 6.10 Å². The largest absolute Gasteiger partial charge is 0.387 e. The maximum absolute atomic E-state index is 9.56. The van der Waals surface area contributed by atoms with E-state index in [1.807, 2.05) is 17.5 Å². The van der Waals surface area contributed by atoms with Crippen LogP contribution < -0.4 is 0 Å². The second-order valence-electron chi connectivity index (χ2n) is 2.80. The Labute approximate surface area is 64.3 Å². The SMILES string of the molecule is O[C@@H](c1cccs1)C1CC1. The molecule has 0 saturated heterocycles. The summed E-state index contributed by atoms with van der Waals surface area (Å²) < 4.78 is 0. The molecule has 0 spiro atoms. The molecule has 0 bridgehead atoms. The number of thiophene rings is 1. The summed E-state index contributed by atoms with van der Waals surface area (Å²) in [6, 6.07) is 4.00. The van der Waals surface area contributed by atoms with Crippen molar-refractivity contribution in [1.82, 2.24) is 0 Å². The van der Waals surface area contributed by atoms with Crippen molar-refractivity contribution >= 4 is 11.3 Å². The third kappa shape index (κ3) is 1.09. The van der Waals surface area contributed by atoms with Crippen LogP contribution in [0.15, 0.2) is 17.5 Å². The van der Waals surface area contributed by atoms with Gasteiger partial charge in [-0.2, -0.15) is 0 Å². The average Bonchev–Trinajstić information content (AvgIpc) is 2.65. The first-order valence-electron chi connectivity index (χ1n) is 3.59. The van der Waals surface area contributed by atoms with Gasteiger partial charge in [0.1, 0.15) is 0 Å². The molecule has 1 saturated carbocycles. The predicted octanol–water partition coefficient (Wildman–Crippen LogP) is 2.19. The Morgan fingerprint density at radius 2 is 2.40 bits per heavy atom.